The van der Waals surface area contributed by atoms with E-state index in [4.69, 9.17) is 4.74 Å². The van der Waals surface area contributed by atoms with Crippen LogP contribution in [0.4, 0.5) is 11.4 Å². The number of esters is 1. The number of anilines is 2. The molecule has 0 fully saturated rings. The summed E-state index contributed by atoms with van der Waals surface area (Å²) in [4.78, 5) is 36.3. The van der Waals surface area contributed by atoms with Crippen LogP contribution < -0.4 is 10.0 Å². The Morgan fingerprint density at radius 1 is 0.829 bits per heavy atom. The van der Waals surface area contributed by atoms with Crippen LogP contribution in [0, 0.1) is 13.8 Å². The van der Waals surface area contributed by atoms with Gasteiger partial charge in [0.05, 0.1) is 10.5 Å². The van der Waals surface area contributed by atoms with Gasteiger partial charge in [0.15, 0.2) is 11.9 Å². The largest absolute Gasteiger partial charge is 0.449 e. The summed E-state index contributed by atoms with van der Waals surface area (Å²) in [6.45, 7) is 6.40. The zero-order valence-corrected chi connectivity index (χ0v) is 20.6. The van der Waals surface area contributed by atoms with E-state index in [0.29, 0.717) is 16.8 Å². The molecule has 0 spiro atoms. The molecule has 9 heteroatoms. The van der Waals surface area contributed by atoms with E-state index >= 15 is 0 Å². The Hall–Kier alpha value is -3.98. The van der Waals surface area contributed by atoms with Crippen molar-refractivity contribution in [1.82, 2.24) is 0 Å². The number of rotatable bonds is 8. The maximum atomic E-state index is 12.8. The molecule has 35 heavy (non-hydrogen) atoms. The highest BCUT2D eigenvalue weighted by Gasteiger charge is 2.20. The standard InChI is InChI=1S/C26H26N2O6S/c1-16-5-6-17(2)24(15-16)35(32,33)28-23-13-9-21(10-14-23)26(31)34-19(4)25(30)27-22-11-7-20(8-12-22)18(3)29/h5-15,19,28H,1-4H3,(H,27,30)/t19-/m1/s1. The van der Waals surface area contributed by atoms with Crippen molar-refractivity contribution in [2.75, 3.05) is 10.0 Å². The van der Waals surface area contributed by atoms with Crippen LogP contribution in [0.2, 0.25) is 0 Å². The van der Waals surface area contributed by atoms with E-state index in [1.165, 1.54) is 38.1 Å². The molecular weight excluding hydrogens is 468 g/mol. The summed E-state index contributed by atoms with van der Waals surface area (Å²) in [6, 6.07) is 17.2. The van der Waals surface area contributed by atoms with Gasteiger partial charge in [-0.05, 0) is 93.4 Å². The van der Waals surface area contributed by atoms with Crippen LogP contribution in [-0.2, 0) is 19.6 Å². The van der Waals surface area contributed by atoms with Crippen molar-refractivity contribution in [1.29, 1.82) is 0 Å². The average molecular weight is 495 g/mol. The second-order valence-electron chi connectivity index (χ2n) is 8.12. The summed E-state index contributed by atoms with van der Waals surface area (Å²) in [5.74, 6) is -1.36. The fourth-order valence-corrected chi connectivity index (χ4v) is 4.58. The molecule has 182 valence electrons. The van der Waals surface area contributed by atoms with Crippen LogP contribution in [0.25, 0.3) is 0 Å². The SMILES string of the molecule is CC(=O)c1ccc(NC(=O)[C@@H](C)OC(=O)c2ccc(NS(=O)(=O)c3cc(C)ccc3C)cc2)cc1. The molecule has 8 nitrogen and oxygen atoms in total. The van der Waals surface area contributed by atoms with Gasteiger partial charge in [-0.1, -0.05) is 12.1 Å². The Bertz CT molecular complexity index is 1360. The lowest BCUT2D eigenvalue weighted by Gasteiger charge is -2.14. The van der Waals surface area contributed by atoms with E-state index in [2.05, 4.69) is 10.0 Å². The lowest BCUT2D eigenvalue weighted by atomic mass is 10.1. The summed E-state index contributed by atoms with van der Waals surface area (Å²) >= 11 is 0. The molecule has 0 aliphatic heterocycles. The van der Waals surface area contributed by atoms with Crippen molar-refractivity contribution >= 4 is 39.1 Å². The molecule has 1 atom stereocenters. The Balaban J connectivity index is 1.61. The van der Waals surface area contributed by atoms with Crippen molar-refractivity contribution in [3.63, 3.8) is 0 Å². The molecule has 0 aliphatic carbocycles. The molecule has 0 bridgehead atoms. The normalized spacial score (nSPS) is 11.9. The van der Waals surface area contributed by atoms with Crippen LogP contribution in [0.1, 0.15) is 45.7 Å². The monoisotopic (exact) mass is 494 g/mol. The number of benzene rings is 3. The molecule has 3 aromatic carbocycles. The van der Waals surface area contributed by atoms with Crippen molar-refractivity contribution in [3.05, 3.63) is 89.0 Å². The van der Waals surface area contributed by atoms with Crippen LogP contribution >= 0.6 is 0 Å². The van der Waals surface area contributed by atoms with Crippen molar-refractivity contribution < 1.29 is 27.5 Å². The second kappa shape index (κ2) is 10.5. The average Bonchev–Trinajstić information content (AvgIpc) is 2.81. The topological polar surface area (TPSA) is 119 Å². The summed E-state index contributed by atoms with van der Waals surface area (Å²) in [6.07, 6.45) is -1.09. The smallest absolute Gasteiger partial charge is 0.338 e. The van der Waals surface area contributed by atoms with Gasteiger partial charge < -0.3 is 10.1 Å². The first-order valence-electron chi connectivity index (χ1n) is 10.8. The lowest BCUT2D eigenvalue weighted by molar-refractivity contribution is -0.123. The molecule has 0 radical (unpaired) electrons. The highest BCUT2D eigenvalue weighted by Crippen LogP contribution is 2.21. The minimum Gasteiger partial charge on any atom is -0.449 e. The molecule has 2 N–H and O–H groups in total. The highest BCUT2D eigenvalue weighted by atomic mass is 32.2. The first-order chi connectivity index (χ1) is 16.5. The van der Waals surface area contributed by atoms with Gasteiger partial charge in [-0.15, -0.1) is 0 Å². The van der Waals surface area contributed by atoms with E-state index < -0.39 is 28.0 Å². The number of carbonyl (C=O) groups excluding carboxylic acids is 3. The number of ketones is 1. The number of hydrogen-bond donors (Lipinski definition) is 2. The zero-order valence-electron chi connectivity index (χ0n) is 19.8. The van der Waals surface area contributed by atoms with Crippen molar-refractivity contribution in [3.8, 4) is 0 Å². The van der Waals surface area contributed by atoms with Gasteiger partial charge in [0.1, 0.15) is 0 Å². The fourth-order valence-electron chi connectivity index (χ4n) is 3.20. The highest BCUT2D eigenvalue weighted by molar-refractivity contribution is 7.92. The molecular formula is C26H26N2O6S. The Kier molecular flexibility index (Phi) is 7.71. The van der Waals surface area contributed by atoms with Gasteiger partial charge >= 0.3 is 5.97 Å². The number of hydrogen-bond acceptors (Lipinski definition) is 6. The van der Waals surface area contributed by atoms with Gasteiger partial charge in [0.25, 0.3) is 15.9 Å². The summed E-state index contributed by atoms with van der Waals surface area (Å²) < 4.78 is 33.2. The fraction of sp³-hybridized carbons (Fsp3) is 0.192. The first kappa shape index (κ1) is 25.6. The van der Waals surface area contributed by atoms with Crippen LogP contribution in [-0.4, -0.2) is 32.2 Å². The van der Waals surface area contributed by atoms with Crippen molar-refractivity contribution in [2.45, 2.75) is 38.7 Å². The first-order valence-corrected chi connectivity index (χ1v) is 12.3. The zero-order chi connectivity index (χ0) is 25.8. The number of sulfonamides is 1. The summed E-state index contributed by atoms with van der Waals surface area (Å²) in [5.41, 5.74) is 2.85. The number of nitrogens with one attached hydrogen (secondary N) is 2. The maximum absolute atomic E-state index is 12.8. The third-order valence-corrected chi connectivity index (χ3v) is 6.74. The molecule has 0 saturated carbocycles. The number of aryl methyl sites for hydroxylation is 2. The quantitative estimate of drug-likeness (QED) is 0.352. The summed E-state index contributed by atoms with van der Waals surface area (Å²) in [5, 5.41) is 2.62. The predicted molar refractivity (Wildman–Crippen MR) is 133 cm³/mol. The third-order valence-electron chi connectivity index (χ3n) is 5.22. The summed E-state index contributed by atoms with van der Waals surface area (Å²) in [7, 11) is -3.80. The van der Waals surface area contributed by atoms with Crippen molar-refractivity contribution in [2.24, 2.45) is 0 Å². The molecule has 3 rings (SSSR count). The van der Waals surface area contributed by atoms with Crippen LogP contribution in [0.3, 0.4) is 0 Å². The minimum absolute atomic E-state index is 0.0886. The molecule has 0 heterocycles. The molecule has 0 aromatic heterocycles. The maximum Gasteiger partial charge on any atom is 0.338 e. The van der Waals surface area contributed by atoms with Crippen LogP contribution in [0.15, 0.2) is 71.6 Å². The van der Waals surface area contributed by atoms with Gasteiger partial charge in [-0.3, -0.25) is 14.3 Å². The molecule has 0 aliphatic rings. The Morgan fingerprint density at radius 2 is 1.40 bits per heavy atom. The van der Waals surface area contributed by atoms with E-state index in [9.17, 15) is 22.8 Å². The molecule has 3 aromatic rings. The molecule has 0 unspecified atom stereocenters. The Morgan fingerprint density at radius 3 is 2.00 bits per heavy atom. The third kappa shape index (κ3) is 6.54. The number of Topliss-reactive ketones (excluding diaryl/α,β-unsaturated/α-hetero) is 1. The number of amides is 1. The predicted octanol–water partition coefficient (Wildman–Crippen LogP) is 4.49. The van der Waals surface area contributed by atoms with E-state index in [1.807, 2.05) is 13.0 Å². The number of carbonyl (C=O) groups is 3. The van der Waals surface area contributed by atoms with Crippen LogP contribution in [0.5, 0.6) is 0 Å². The Labute approximate surface area is 204 Å². The van der Waals surface area contributed by atoms with Gasteiger partial charge in [0, 0.05) is 16.9 Å². The second-order valence-corrected chi connectivity index (χ2v) is 9.77. The van der Waals surface area contributed by atoms with E-state index in [0.717, 1.165) is 5.56 Å². The van der Waals surface area contributed by atoms with Gasteiger partial charge in [-0.2, -0.15) is 0 Å². The van der Waals surface area contributed by atoms with Gasteiger partial charge in [-0.25, -0.2) is 13.2 Å². The van der Waals surface area contributed by atoms with E-state index in [-0.39, 0.29) is 21.9 Å². The lowest BCUT2D eigenvalue weighted by Crippen LogP contribution is -2.30. The number of ether oxygens (including phenoxy) is 1. The van der Waals surface area contributed by atoms with Gasteiger partial charge in [0.2, 0.25) is 0 Å². The van der Waals surface area contributed by atoms with E-state index in [1.54, 1.807) is 43.3 Å². The molecule has 0 saturated heterocycles. The molecule has 1 amide bonds. The minimum atomic E-state index is -3.80.